The van der Waals surface area contributed by atoms with E-state index in [4.69, 9.17) is 4.74 Å². The minimum atomic E-state index is 0.752. The van der Waals surface area contributed by atoms with E-state index in [9.17, 15) is 0 Å². The van der Waals surface area contributed by atoms with Crippen molar-refractivity contribution in [1.82, 2.24) is 0 Å². The largest absolute Gasteiger partial charge is 0.497 e. The fourth-order valence-corrected chi connectivity index (χ4v) is 1.27. The first kappa shape index (κ1) is 11.7. The Morgan fingerprint density at radius 2 is 2.40 bits per heavy atom. The molecule has 1 rings (SSSR count). The van der Waals surface area contributed by atoms with Crippen molar-refractivity contribution in [2.45, 2.75) is 0 Å². The van der Waals surface area contributed by atoms with Crippen molar-refractivity contribution < 1.29 is 4.74 Å². The Balaban J connectivity index is 2.59. The molecule has 78 valence electrons. The molecule has 0 aliphatic carbocycles. The fraction of sp³-hybridized carbons (Fsp3) is 0.167. The zero-order valence-corrected chi connectivity index (χ0v) is 9.65. The van der Waals surface area contributed by atoms with Crippen molar-refractivity contribution in [3.05, 3.63) is 35.9 Å². The van der Waals surface area contributed by atoms with E-state index in [1.807, 2.05) is 36.4 Å². The minimum absolute atomic E-state index is 0.752. The van der Waals surface area contributed by atoms with Crippen LogP contribution >= 0.6 is 8.20 Å². The van der Waals surface area contributed by atoms with Gasteiger partial charge in [-0.15, -0.1) is 0 Å². The third-order valence-electron chi connectivity index (χ3n) is 1.76. The molecule has 2 nitrogen and oxygen atoms in total. The van der Waals surface area contributed by atoms with E-state index >= 15 is 0 Å². The van der Waals surface area contributed by atoms with Crippen LogP contribution in [0.15, 0.2) is 35.3 Å². The molecule has 1 aromatic rings. The number of benzene rings is 1. The lowest BCUT2D eigenvalue weighted by Crippen LogP contribution is -1.82. The molecule has 0 aliphatic heterocycles. The first-order valence-electron chi connectivity index (χ1n) is 4.60. The molecule has 0 aliphatic rings. The van der Waals surface area contributed by atoms with Crippen molar-refractivity contribution in [2.24, 2.45) is 4.99 Å². The van der Waals surface area contributed by atoms with Crippen molar-refractivity contribution in [3.8, 4) is 5.75 Å². The highest BCUT2D eigenvalue weighted by Gasteiger charge is 1.89. The van der Waals surface area contributed by atoms with Crippen LogP contribution in [0.4, 0.5) is 0 Å². The minimum Gasteiger partial charge on any atom is -0.497 e. The van der Waals surface area contributed by atoms with Gasteiger partial charge in [-0.25, -0.2) is 0 Å². The Kier molecular flexibility index (Phi) is 5.42. The van der Waals surface area contributed by atoms with Gasteiger partial charge in [-0.05, 0) is 23.8 Å². The van der Waals surface area contributed by atoms with E-state index in [0.717, 1.165) is 25.8 Å². The number of allylic oxidation sites excluding steroid dienone is 1. The molecule has 0 N–H and O–H groups in total. The predicted octanol–water partition coefficient (Wildman–Crippen LogP) is 3.11. The molecular weight excluding hydrogens is 205 g/mol. The second kappa shape index (κ2) is 6.97. The first-order valence-corrected chi connectivity index (χ1v) is 5.86. The molecule has 0 aromatic heterocycles. The molecule has 1 aromatic carbocycles. The SMILES string of the molecule is C=PCN=CC=Cc1cccc(OC)c1. The number of rotatable bonds is 5. The normalized spacial score (nSPS) is 11.5. The average Bonchev–Trinajstić information content (AvgIpc) is 2.29. The van der Waals surface area contributed by atoms with Gasteiger partial charge in [-0.3, -0.25) is 4.99 Å². The molecule has 0 bridgehead atoms. The third-order valence-corrected chi connectivity index (χ3v) is 2.12. The third kappa shape index (κ3) is 4.57. The summed E-state index contributed by atoms with van der Waals surface area (Å²) in [6, 6.07) is 7.88. The Labute approximate surface area is 92.1 Å². The summed E-state index contributed by atoms with van der Waals surface area (Å²) in [6.45, 7) is 0. The molecular formula is C12H14NOP. The second-order valence-corrected chi connectivity index (χ2v) is 3.56. The number of ether oxygens (including phenoxy) is 1. The number of methoxy groups -OCH3 is 1. The Hall–Kier alpha value is -1.40. The highest BCUT2D eigenvalue weighted by atomic mass is 31.1. The summed E-state index contributed by atoms with van der Waals surface area (Å²) in [5.74, 6) is 0.866. The Morgan fingerprint density at radius 3 is 3.13 bits per heavy atom. The van der Waals surface area contributed by atoms with Gasteiger partial charge in [0, 0.05) is 6.21 Å². The van der Waals surface area contributed by atoms with Crippen LogP contribution in [0.2, 0.25) is 0 Å². The van der Waals surface area contributed by atoms with E-state index in [0.29, 0.717) is 0 Å². The van der Waals surface area contributed by atoms with E-state index in [-0.39, 0.29) is 0 Å². The van der Waals surface area contributed by atoms with Crippen LogP contribution in [0.25, 0.3) is 6.08 Å². The van der Waals surface area contributed by atoms with Gasteiger partial charge in [0.15, 0.2) is 0 Å². The van der Waals surface area contributed by atoms with E-state index in [1.165, 1.54) is 0 Å². The quantitative estimate of drug-likeness (QED) is 0.550. The topological polar surface area (TPSA) is 21.6 Å². The van der Waals surface area contributed by atoms with Crippen molar-refractivity contribution in [2.75, 3.05) is 13.4 Å². The standard InChI is InChI=1S/C12H14NOP/c1-14-12-7-3-5-11(9-12)6-4-8-13-10-15-2/h3-9H,2,10H2,1H3. The predicted molar refractivity (Wildman–Crippen MR) is 69.4 cm³/mol. The molecule has 15 heavy (non-hydrogen) atoms. The van der Waals surface area contributed by atoms with Gasteiger partial charge in [0.2, 0.25) is 0 Å². The molecule has 0 atom stereocenters. The van der Waals surface area contributed by atoms with Gasteiger partial charge in [-0.2, -0.15) is 0 Å². The van der Waals surface area contributed by atoms with Crippen LogP contribution in [-0.2, 0) is 0 Å². The highest BCUT2D eigenvalue weighted by molar-refractivity contribution is 7.36. The van der Waals surface area contributed by atoms with Gasteiger partial charge in [-0.1, -0.05) is 32.7 Å². The van der Waals surface area contributed by atoms with Crippen LogP contribution in [0, 0.1) is 0 Å². The number of hydrogen-bond acceptors (Lipinski definition) is 2. The Morgan fingerprint density at radius 1 is 1.53 bits per heavy atom. The van der Waals surface area contributed by atoms with Crippen molar-refractivity contribution in [3.63, 3.8) is 0 Å². The summed E-state index contributed by atoms with van der Waals surface area (Å²) in [6.07, 6.45) is 10.1. The molecule has 3 heteroatoms. The van der Waals surface area contributed by atoms with Crippen LogP contribution in [0.3, 0.4) is 0 Å². The summed E-state index contributed by atoms with van der Waals surface area (Å²) < 4.78 is 5.12. The number of nitrogens with zero attached hydrogens (tertiary/aromatic N) is 1. The fourth-order valence-electron chi connectivity index (χ4n) is 1.07. The molecule has 0 amide bonds. The number of hydrogen-bond donors (Lipinski definition) is 0. The van der Waals surface area contributed by atoms with E-state index in [1.54, 1.807) is 13.3 Å². The van der Waals surface area contributed by atoms with Crippen LogP contribution in [-0.4, -0.2) is 25.9 Å². The molecule has 0 radical (unpaired) electrons. The molecule has 0 unspecified atom stereocenters. The van der Waals surface area contributed by atoms with Gasteiger partial charge in [0.1, 0.15) is 5.75 Å². The lowest BCUT2D eigenvalue weighted by molar-refractivity contribution is 0.414. The second-order valence-electron chi connectivity index (χ2n) is 2.83. The van der Waals surface area contributed by atoms with Crippen molar-refractivity contribution >= 4 is 26.8 Å². The molecule has 0 heterocycles. The maximum atomic E-state index is 5.12. The summed E-state index contributed by atoms with van der Waals surface area (Å²) >= 11 is 0. The smallest absolute Gasteiger partial charge is 0.119 e. The van der Waals surface area contributed by atoms with Crippen LogP contribution in [0.1, 0.15) is 5.56 Å². The van der Waals surface area contributed by atoms with Gasteiger partial charge < -0.3 is 4.74 Å². The monoisotopic (exact) mass is 219 g/mol. The molecule has 0 saturated heterocycles. The maximum absolute atomic E-state index is 5.12. The molecule has 0 fully saturated rings. The lowest BCUT2D eigenvalue weighted by Gasteiger charge is -1.99. The van der Waals surface area contributed by atoms with Crippen molar-refractivity contribution in [1.29, 1.82) is 0 Å². The maximum Gasteiger partial charge on any atom is 0.119 e. The first-order chi connectivity index (χ1) is 7.36. The number of aliphatic imine (C=N–C) groups is 1. The average molecular weight is 219 g/mol. The zero-order valence-electron chi connectivity index (χ0n) is 8.76. The zero-order chi connectivity index (χ0) is 10.9. The van der Waals surface area contributed by atoms with Crippen LogP contribution in [0.5, 0.6) is 5.75 Å². The van der Waals surface area contributed by atoms with Crippen LogP contribution < -0.4 is 4.74 Å². The van der Waals surface area contributed by atoms with Gasteiger partial charge in [0.05, 0.1) is 13.4 Å². The Bertz CT molecular complexity index is 372. The summed E-state index contributed by atoms with van der Waals surface area (Å²) in [7, 11) is 2.71. The molecule has 0 spiro atoms. The van der Waals surface area contributed by atoms with E-state index in [2.05, 4.69) is 11.3 Å². The van der Waals surface area contributed by atoms with E-state index < -0.39 is 0 Å². The highest BCUT2D eigenvalue weighted by Crippen LogP contribution is 2.13. The lowest BCUT2D eigenvalue weighted by atomic mass is 10.2. The summed E-state index contributed by atoms with van der Waals surface area (Å²) in [5, 5.41) is 0. The summed E-state index contributed by atoms with van der Waals surface area (Å²) in [5.41, 5.74) is 1.10. The summed E-state index contributed by atoms with van der Waals surface area (Å²) in [4.78, 5) is 4.13. The van der Waals surface area contributed by atoms with Gasteiger partial charge >= 0.3 is 0 Å². The molecule has 0 saturated carbocycles. The van der Waals surface area contributed by atoms with Gasteiger partial charge in [0.25, 0.3) is 0 Å².